The van der Waals surface area contributed by atoms with Crippen LogP contribution >= 0.6 is 23.5 Å². The molecular weight excluding hydrogens is 1430 g/mol. The highest BCUT2D eigenvalue weighted by Crippen LogP contribution is 2.34. The topological polar surface area (TPSA) is 450 Å². The molecule has 1 aromatic carbocycles. The Kier molecular flexibility index (Phi) is 35.1. The van der Waals surface area contributed by atoms with Gasteiger partial charge in [0, 0.05) is 42.4 Å². The number of aliphatic hydroxyl groups excluding tert-OH is 3. The average molecular weight is 1550 g/mol. The van der Waals surface area contributed by atoms with Crippen molar-refractivity contribution < 1.29 is 82.8 Å². The van der Waals surface area contributed by atoms with Gasteiger partial charge < -0.3 is 89.1 Å². The molecule has 30 nitrogen and oxygen atoms in total. The third-order valence-electron chi connectivity index (χ3n) is 21.8. The van der Waals surface area contributed by atoms with Crippen LogP contribution in [0.5, 0.6) is 0 Å². The van der Waals surface area contributed by atoms with E-state index in [1.54, 1.807) is 34.6 Å². The standard InChI is InChI=1S/C76H121N13O17S2/c1-9-14-53-67(98)82-55(28-29-62(95)96)68(99)84-56(35-45-20-24-50(92)25-21-45)70(101)81-54(15-10-2)69(100)88-63(44(5)91)73(104)86-59(43(4)90)41-108-40-48-17-11-16-47(34-48)39-107-33-30-61(94)87-64(76(6,7)8)74(105)85-58(36-46-22-26-51(93)27-23-46)75(106)89-32-13-19-60(89)72(103)79-42(3)66(97)83-57(71(102)80-53)37-49-38-78-65-52(49)18-12-31-77-65/h11,16-17,34,42,44-46,49-60,63-65,77-78,91-93H,9-10,12-15,18-33,35-41H2,1-8H3,(H,79,103)(H,80,102)(H,81,101)(H,82,98)(H,83,97)(H,84,99)(H,85,105)(H,86,104)(H,87,94)(H,88,100)(H,95,96)/t42-,44+,45?,46?,49?,50?,51?,52?,53-,54-,55-,56-,57-,58-,59-,60-,63-,64+,65?/m0/s1. The number of benzene rings is 1. The number of nitrogens with zero attached hydrogens (tertiary/aromatic N) is 1. The molecule has 2 aliphatic carbocycles. The van der Waals surface area contributed by atoms with Crippen molar-refractivity contribution in [1.29, 1.82) is 0 Å². The minimum atomic E-state index is -1.62. The number of thioether (sulfide) groups is 2. The fourth-order valence-electron chi connectivity index (χ4n) is 15.5. The number of amides is 11. The van der Waals surface area contributed by atoms with Crippen LogP contribution in [0.25, 0.3) is 0 Å². The predicted octanol–water partition coefficient (Wildman–Crippen LogP) is 1.71. The van der Waals surface area contributed by atoms with Crippen molar-refractivity contribution in [1.82, 2.24) is 68.7 Å². The summed E-state index contributed by atoms with van der Waals surface area (Å²) in [4.78, 5) is 187. The molecule has 6 aliphatic rings. The van der Waals surface area contributed by atoms with E-state index in [9.17, 15) is 78.0 Å². The molecule has 32 heteroatoms. The lowest BCUT2D eigenvalue weighted by Crippen LogP contribution is -2.61. The highest BCUT2D eigenvalue weighted by Gasteiger charge is 2.45. The molecule has 108 heavy (non-hydrogen) atoms. The average Bonchev–Trinajstić information content (AvgIpc) is 1.61. The first kappa shape index (κ1) is 88.2. The number of aliphatic hydroxyl groups is 3. The van der Waals surface area contributed by atoms with E-state index in [2.05, 4.69) is 63.8 Å². The molecule has 3 unspecified atom stereocenters. The summed E-state index contributed by atoms with van der Waals surface area (Å²) in [5.41, 5.74) is 1.02. The largest absolute Gasteiger partial charge is 0.481 e. The van der Waals surface area contributed by atoms with Crippen molar-refractivity contribution in [2.24, 2.45) is 29.1 Å². The van der Waals surface area contributed by atoms with E-state index in [4.69, 9.17) is 0 Å². The number of carbonyl (C=O) groups is 13. The third kappa shape index (κ3) is 27.2. The first-order valence-corrected chi connectivity index (χ1v) is 41.4. The first-order chi connectivity index (χ1) is 51.3. The Morgan fingerprint density at radius 3 is 1.68 bits per heavy atom. The summed E-state index contributed by atoms with van der Waals surface area (Å²) in [7, 11) is 0. The Morgan fingerprint density at radius 2 is 1.11 bits per heavy atom. The van der Waals surface area contributed by atoms with E-state index in [1.165, 1.54) is 49.2 Å². The van der Waals surface area contributed by atoms with E-state index in [-0.39, 0.29) is 93.0 Å². The Balaban J connectivity index is 1.19. The third-order valence-corrected chi connectivity index (χ3v) is 23.9. The smallest absolute Gasteiger partial charge is 0.303 e. The number of rotatable bonds is 15. The van der Waals surface area contributed by atoms with E-state index in [1.807, 2.05) is 24.3 Å². The summed E-state index contributed by atoms with van der Waals surface area (Å²) in [6, 6.07) is -6.60. The monoisotopic (exact) mass is 1550 g/mol. The molecule has 16 N–H and O–H groups in total. The van der Waals surface area contributed by atoms with E-state index < -0.39 is 174 Å². The molecule has 7 rings (SSSR count). The van der Waals surface area contributed by atoms with Crippen LogP contribution < -0.4 is 63.8 Å². The Morgan fingerprint density at radius 1 is 0.583 bits per heavy atom. The predicted molar refractivity (Wildman–Crippen MR) is 407 cm³/mol. The van der Waals surface area contributed by atoms with Gasteiger partial charge >= 0.3 is 5.97 Å². The van der Waals surface area contributed by atoms with Gasteiger partial charge in [-0.05, 0) is 190 Å². The van der Waals surface area contributed by atoms with Crippen LogP contribution in [0, 0.1) is 29.1 Å². The normalized spacial score (nSPS) is 32.3. The van der Waals surface area contributed by atoms with E-state index in [0.29, 0.717) is 94.4 Å². The van der Waals surface area contributed by atoms with Crippen molar-refractivity contribution in [2.75, 3.05) is 31.1 Å². The van der Waals surface area contributed by atoms with Gasteiger partial charge in [-0.3, -0.25) is 62.3 Å². The molecule has 1 aromatic rings. The van der Waals surface area contributed by atoms with Gasteiger partial charge in [-0.25, -0.2) is 0 Å². The maximum absolute atomic E-state index is 15.1. The summed E-state index contributed by atoms with van der Waals surface area (Å²) in [6.45, 7) is 14.3. The molecule has 4 aliphatic heterocycles. The highest BCUT2D eigenvalue weighted by atomic mass is 32.2. The number of aliphatic carboxylic acids is 1. The quantitative estimate of drug-likeness (QED) is 0.119. The number of hydrogen-bond donors (Lipinski definition) is 16. The van der Waals surface area contributed by atoms with E-state index in [0.717, 1.165) is 30.5 Å². The SMILES string of the molecule is CCC[C@@H]1NC(=O)[C@H](CC2CNC3NCCCC23)NC(=O)[C@H](C)NC(=O)[C@@H]2CCCN2C(=O)[C@H](CC2CCC(O)CC2)NC(=O)[C@H](C(C)(C)C)NC(=O)CCSCc2cccc(c2)CSC[C@@H](C(C)=O)NC(=O)[C@H]([C@@H](C)O)NC(=O)[C@H](CCC)NC(=O)[C@H](CC2CCC(O)CC2)NC(=O)[C@H](CCC(=O)O)NC1=O. The number of piperidine rings is 1. The Bertz CT molecular complexity index is 3260. The molecule has 3 saturated heterocycles. The minimum absolute atomic E-state index is 0.00166. The summed E-state index contributed by atoms with van der Waals surface area (Å²) in [5.74, 6) is -8.82. The van der Waals surface area contributed by atoms with Gasteiger partial charge in [0.2, 0.25) is 65.0 Å². The number of nitrogens with one attached hydrogen (secondary N) is 12. The van der Waals surface area contributed by atoms with Crippen LogP contribution in [-0.2, 0) is 73.8 Å². The molecule has 11 amide bonds. The van der Waals surface area contributed by atoms with Crippen LogP contribution in [0.15, 0.2) is 24.3 Å². The van der Waals surface area contributed by atoms with Gasteiger partial charge in [0.15, 0.2) is 5.78 Å². The lowest BCUT2D eigenvalue weighted by Gasteiger charge is -2.35. The number of Topliss-reactive ketones (excluding diaryl/α,β-unsaturated/α-hetero) is 1. The van der Waals surface area contributed by atoms with Crippen LogP contribution in [-0.4, -0.2) is 224 Å². The number of carboxylic acid groups (broad SMARTS) is 1. The van der Waals surface area contributed by atoms with Crippen molar-refractivity contribution in [2.45, 2.75) is 299 Å². The zero-order chi connectivity index (χ0) is 78.9. The maximum atomic E-state index is 15.1. The molecule has 2 saturated carbocycles. The van der Waals surface area contributed by atoms with Crippen LogP contribution in [0.3, 0.4) is 0 Å². The van der Waals surface area contributed by atoms with Crippen molar-refractivity contribution in [3.8, 4) is 0 Å². The summed E-state index contributed by atoms with van der Waals surface area (Å²) in [6.07, 6.45) is 3.39. The zero-order valence-electron chi connectivity index (χ0n) is 64.1. The van der Waals surface area contributed by atoms with Crippen LogP contribution in [0.2, 0.25) is 0 Å². The Labute approximate surface area is 643 Å². The number of fused-ring (bicyclic) bond motifs is 4. The van der Waals surface area contributed by atoms with Gasteiger partial charge in [0.25, 0.3) is 0 Å². The molecule has 0 spiro atoms. The number of carbonyl (C=O) groups excluding carboxylic acids is 12. The number of carboxylic acids is 1. The minimum Gasteiger partial charge on any atom is -0.481 e. The van der Waals surface area contributed by atoms with Gasteiger partial charge in [0.05, 0.1) is 30.5 Å². The molecule has 5 fully saturated rings. The molecule has 15 atom stereocenters. The number of hydrogen-bond acceptors (Lipinski definition) is 20. The lowest BCUT2D eigenvalue weighted by molar-refractivity contribution is -0.143. The fraction of sp³-hybridized carbons (Fsp3) is 0.750. The van der Waals surface area contributed by atoms with Crippen molar-refractivity contribution >= 4 is 100 Å². The molecule has 0 radical (unpaired) electrons. The molecule has 0 aromatic heterocycles. The van der Waals surface area contributed by atoms with Gasteiger partial charge in [0.1, 0.15) is 60.4 Å². The first-order valence-electron chi connectivity index (χ1n) is 39.1. The zero-order valence-corrected chi connectivity index (χ0v) is 65.8. The maximum Gasteiger partial charge on any atom is 0.303 e. The summed E-state index contributed by atoms with van der Waals surface area (Å²) in [5, 5.41) is 76.5. The molecular formula is C76H121N13O17S2. The second-order valence-corrected chi connectivity index (χ2v) is 33.8. The fourth-order valence-corrected chi connectivity index (χ4v) is 17.4. The second-order valence-electron chi connectivity index (χ2n) is 31.7. The molecule has 2 bridgehead atoms. The van der Waals surface area contributed by atoms with Gasteiger partial charge in [-0.15, -0.1) is 0 Å². The van der Waals surface area contributed by atoms with Gasteiger partial charge in [-0.1, -0.05) is 71.7 Å². The highest BCUT2D eigenvalue weighted by molar-refractivity contribution is 7.98. The number of ketones is 1. The summed E-state index contributed by atoms with van der Waals surface area (Å²) >= 11 is 2.87. The van der Waals surface area contributed by atoms with E-state index >= 15 is 4.79 Å². The second kappa shape index (κ2) is 43.0. The van der Waals surface area contributed by atoms with Crippen molar-refractivity contribution in [3.63, 3.8) is 0 Å². The molecule has 4 heterocycles. The van der Waals surface area contributed by atoms with Crippen molar-refractivity contribution in [3.05, 3.63) is 35.4 Å². The lowest BCUT2D eigenvalue weighted by atomic mass is 9.82. The summed E-state index contributed by atoms with van der Waals surface area (Å²) < 4.78 is 0. The molecule has 604 valence electrons. The van der Waals surface area contributed by atoms with Crippen LogP contribution in [0.1, 0.15) is 208 Å². The van der Waals surface area contributed by atoms with Gasteiger partial charge in [-0.2, -0.15) is 23.5 Å². The van der Waals surface area contributed by atoms with Crippen LogP contribution in [0.4, 0.5) is 0 Å². The Hall–Kier alpha value is -6.97.